The molecule has 0 heterocycles. The zero-order chi connectivity index (χ0) is 10.6. The van der Waals surface area contributed by atoms with Crippen LogP contribution in [0.4, 0.5) is 0 Å². The molecule has 0 radical (unpaired) electrons. The van der Waals surface area contributed by atoms with E-state index in [1.54, 1.807) is 0 Å². The van der Waals surface area contributed by atoms with Gasteiger partial charge in [-0.2, -0.15) is 0 Å². The van der Waals surface area contributed by atoms with Gasteiger partial charge in [-0.15, -0.1) is 0 Å². The molecule has 4 heteroatoms. The zero-order valence-electron chi connectivity index (χ0n) is 8.25. The Labute approximate surface area is 83.0 Å². The third-order valence-corrected chi connectivity index (χ3v) is 2.08. The molecule has 0 aliphatic heterocycles. The van der Waals surface area contributed by atoms with Crippen LogP contribution in [0.25, 0.3) is 0 Å². The molecular weight excluding hydrogens is 182 g/mol. The van der Waals surface area contributed by atoms with Crippen LogP contribution in [-0.2, 0) is 9.59 Å². The summed E-state index contributed by atoms with van der Waals surface area (Å²) in [6.45, 7) is 1.83. The largest absolute Gasteiger partial charge is 0.477 e. The number of aliphatic carboxylic acids is 1. The van der Waals surface area contributed by atoms with Gasteiger partial charge in [0.25, 0.3) is 0 Å². The molecule has 2 N–H and O–H groups in total. The van der Waals surface area contributed by atoms with Gasteiger partial charge in [0, 0.05) is 6.42 Å². The first-order chi connectivity index (χ1) is 6.63. The minimum Gasteiger partial charge on any atom is -0.477 e. The van der Waals surface area contributed by atoms with E-state index in [2.05, 4.69) is 5.32 Å². The van der Waals surface area contributed by atoms with E-state index in [1.165, 1.54) is 6.08 Å². The Morgan fingerprint density at radius 1 is 1.50 bits per heavy atom. The molecule has 0 aromatic rings. The van der Waals surface area contributed by atoms with Crippen molar-refractivity contribution in [1.29, 1.82) is 0 Å². The predicted octanol–water partition coefficient (Wildman–Crippen LogP) is 1.28. The van der Waals surface area contributed by atoms with Crippen LogP contribution in [0.5, 0.6) is 0 Å². The Morgan fingerprint density at radius 2 is 2.14 bits per heavy atom. The molecule has 14 heavy (non-hydrogen) atoms. The van der Waals surface area contributed by atoms with E-state index in [9.17, 15) is 9.59 Å². The van der Waals surface area contributed by atoms with E-state index in [0.717, 1.165) is 12.8 Å². The van der Waals surface area contributed by atoms with Crippen molar-refractivity contribution in [2.75, 3.05) is 0 Å². The molecule has 0 bridgehead atoms. The second-order valence-corrected chi connectivity index (χ2v) is 3.53. The molecule has 0 atom stereocenters. The summed E-state index contributed by atoms with van der Waals surface area (Å²) >= 11 is 0. The summed E-state index contributed by atoms with van der Waals surface area (Å²) in [5.74, 6) is -0.780. The molecule has 1 fully saturated rings. The second kappa shape index (κ2) is 4.79. The Morgan fingerprint density at radius 3 is 2.57 bits per heavy atom. The fraction of sp³-hybridized carbons (Fsp3) is 0.600. The van der Waals surface area contributed by atoms with E-state index in [1.807, 2.05) is 6.92 Å². The van der Waals surface area contributed by atoms with E-state index >= 15 is 0 Å². The molecule has 1 aliphatic rings. The van der Waals surface area contributed by atoms with Gasteiger partial charge in [0.05, 0.1) is 0 Å². The lowest BCUT2D eigenvalue weighted by molar-refractivity contribution is -0.134. The lowest BCUT2D eigenvalue weighted by Gasteiger charge is -2.04. The minimum absolute atomic E-state index is 0.00171. The maximum atomic E-state index is 11.3. The summed E-state index contributed by atoms with van der Waals surface area (Å²) in [4.78, 5) is 21.9. The summed E-state index contributed by atoms with van der Waals surface area (Å²) in [5.41, 5.74) is -0.00171. The molecule has 0 aromatic heterocycles. The first kappa shape index (κ1) is 10.8. The van der Waals surface area contributed by atoms with Gasteiger partial charge in [0.2, 0.25) is 5.91 Å². The summed E-state index contributed by atoms with van der Waals surface area (Å²) in [6, 6.07) is 0. The van der Waals surface area contributed by atoms with Crippen LogP contribution >= 0.6 is 0 Å². The van der Waals surface area contributed by atoms with Gasteiger partial charge < -0.3 is 10.4 Å². The van der Waals surface area contributed by atoms with Gasteiger partial charge in [-0.1, -0.05) is 13.0 Å². The standard InChI is InChI=1S/C10H15NO3/c1-2-3-8(10(13)14)11-9(12)6-7-4-5-7/h3,7H,2,4-6H2,1H3,(H,11,12)(H,13,14). The first-order valence-corrected chi connectivity index (χ1v) is 4.86. The average molecular weight is 197 g/mol. The third-order valence-electron chi connectivity index (χ3n) is 2.08. The summed E-state index contributed by atoms with van der Waals surface area (Å²) in [6.07, 6.45) is 4.74. The molecule has 0 unspecified atom stereocenters. The van der Waals surface area contributed by atoms with Gasteiger partial charge in [-0.25, -0.2) is 4.79 Å². The molecule has 1 saturated carbocycles. The zero-order valence-corrected chi connectivity index (χ0v) is 8.25. The number of carboxylic acid groups (broad SMARTS) is 1. The minimum atomic E-state index is -1.07. The van der Waals surface area contributed by atoms with Gasteiger partial charge in [-0.3, -0.25) is 4.79 Å². The van der Waals surface area contributed by atoms with Crippen LogP contribution in [0.1, 0.15) is 32.6 Å². The van der Waals surface area contributed by atoms with Gasteiger partial charge >= 0.3 is 5.97 Å². The highest BCUT2D eigenvalue weighted by molar-refractivity contribution is 5.92. The average Bonchev–Trinajstić information content (AvgIpc) is 2.87. The van der Waals surface area contributed by atoms with Crippen molar-refractivity contribution in [3.8, 4) is 0 Å². The van der Waals surface area contributed by atoms with Crippen molar-refractivity contribution in [2.24, 2.45) is 5.92 Å². The summed E-state index contributed by atoms with van der Waals surface area (Å²) < 4.78 is 0. The van der Waals surface area contributed by atoms with Crippen molar-refractivity contribution < 1.29 is 14.7 Å². The first-order valence-electron chi connectivity index (χ1n) is 4.86. The fourth-order valence-corrected chi connectivity index (χ4v) is 1.18. The molecule has 0 spiro atoms. The third kappa shape index (κ3) is 3.60. The van der Waals surface area contributed by atoms with Crippen molar-refractivity contribution in [1.82, 2.24) is 5.32 Å². The highest BCUT2D eigenvalue weighted by Crippen LogP contribution is 2.32. The van der Waals surface area contributed by atoms with Crippen molar-refractivity contribution in [2.45, 2.75) is 32.6 Å². The van der Waals surface area contributed by atoms with Crippen LogP contribution in [-0.4, -0.2) is 17.0 Å². The lowest BCUT2D eigenvalue weighted by Crippen LogP contribution is -2.27. The monoisotopic (exact) mass is 197 g/mol. The number of amides is 1. The Hall–Kier alpha value is -1.32. The molecule has 0 saturated heterocycles. The maximum absolute atomic E-state index is 11.3. The Balaban J connectivity index is 2.41. The number of allylic oxidation sites excluding steroid dienone is 1. The quantitative estimate of drug-likeness (QED) is 0.652. The van der Waals surface area contributed by atoms with Gasteiger partial charge in [-0.05, 0) is 25.2 Å². The molecule has 1 rings (SSSR count). The van der Waals surface area contributed by atoms with E-state index in [4.69, 9.17) is 5.11 Å². The van der Waals surface area contributed by atoms with Crippen LogP contribution in [0.15, 0.2) is 11.8 Å². The van der Waals surface area contributed by atoms with E-state index < -0.39 is 5.97 Å². The highest BCUT2D eigenvalue weighted by atomic mass is 16.4. The molecule has 1 aliphatic carbocycles. The number of carbonyl (C=O) groups excluding carboxylic acids is 1. The molecule has 4 nitrogen and oxygen atoms in total. The van der Waals surface area contributed by atoms with Crippen molar-refractivity contribution >= 4 is 11.9 Å². The van der Waals surface area contributed by atoms with Gasteiger partial charge in [0.15, 0.2) is 0 Å². The SMILES string of the molecule is CCC=C(NC(=O)CC1CC1)C(=O)O. The lowest BCUT2D eigenvalue weighted by atomic mass is 10.2. The van der Waals surface area contributed by atoms with Crippen LogP contribution < -0.4 is 5.32 Å². The number of hydrogen-bond donors (Lipinski definition) is 2. The van der Waals surface area contributed by atoms with Crippen LogP contribution in [0.2, 0.25) is 0 Å². The second-order valence-electron chi connectivity index (χ2n) is 3.53. The predicted molar refractivity (Wildman–Crippen MR) is 51.5 cm³/mol. The number of rotatable bonds is 5. The number of carboxylic acids is 1. The normalized spacial score (nSPS) is 16.5. The number of hydrogen-bond acceptors (Lipinski definition) is 2. The molecule has 78 valence electrons. The number of nitrogens with one attached hydrogen (secondary N) is 1. The molecule has 1 amide bonds. The molecular formula is C10H15NO3. The van der Waals surface area contributed by atoms with E-state index in [-0.39, 0.29) is 11.6 Å². The summed E-state index contributed by atoms with van der Waals surface area (Å²) in [5, 5.41) is 11.1. The van der Waals surface area contributed by atoms with Crippen LogP contribution in [0, 0.1) is 5.92 Å². The maximum Gasteiger partial charge on any atom is 0.352 e. The van der Waals surface area contributed by atoms with Crippen LogP contribution in [0.3, 0.4) is 0 Å². The topological polar surface area (TPSA) is 66.4 Å². The molecule has 0 aromatic carbocycles. The fourth-order valence-electron chi connectivity index (χ4n) is 1.18. The summed E-state index contributed by atoms with van der Waals surface area (Å²) in [7, 11) is 0. The Kier molecular flexibility index (Phi) is 3.68. The van der Waals surface area contributed by atoms with E-state index in [0.29, 0.717) is 18.8 Å². The number of carbonyl (C=O) groups is 2. The highest BCUT2D eigenvalue weighted by Gasteiger charge is 2.25. The van der Waals surface area contributed by atoms with Crippen molar-refractivity contribution in [3.05, 3.63) is 11.8 Å². The van der Waals surface area contributed by atoms with Crippen molar-refractivity contribution in [3.63, 3.8) is 0 Å². The smallest absolute Gasteiger partial charge is 0.352 e. The van der Waals surface area contributed by atoms with Gasteiger partial charge in [0.1, 0.15) is 5.70 Å². The Bertz CT molecular complexity index is 267.